The number of carbonyl (C=O) groups is 1. The Morgan fingerprint density at radius 1 is 0.897 bits per heavy atom. The smallest absolute Gasteiger partial charge is 0.229 e. The van der Waals surface area contributed by atoms with Gasteiger partial charge in [-0.3, -0.25) is 4.79 Å². The van der Waals surface area contributed by atoms with Crippen molar-refractivity contribution in [2.24, 2.45) is 5.41 Å². The molecule has 2 aliphatic heterocycles. The first-order valence-corrected chi connectivity index (χ1v) is 10.6. The maximum atomic E-state index is 13.5. The second-order valence-electron chi connectivity index (χ2n) is 8.35. The summed E-state index contributed by atoms with van der Waals surface area (Å²) in [6.07, 6.45) is 7.99. The number of hydrogen-bond donors (Lipinski definition) is 0. The Balaban J connectivity index is 1.37. The highest BCUT2D eigenvalue weighted by atomic mass is 19.1. The summed E-state index contributed by atoms with van der Waals surface area (Å²) in [5.41, 5.74) is 2.06. The molecule has 29 heavy (non-hydrogen) atoms. The first kappa shape index (κ1) is 19.8. The standard InChI is InChI=1S/C25H29FN2O/c26-23-10-8-22(9-11-23)20-28-16-5-4-13-25(24(28)29)14-18-27(19-15-25)17-12-21-6-2-1-3-7-21/h1-11H,12-20H2. The molecule has 0 aromatic heterocycles. The minimum Gasteiger partial charge on any atom is -0.334 e. The molecular weight excluding hydrogens is 363 g/mol. The molecule has 2 aromatic carbocycles. The highest BCUT2D eigenvalue weighted by Crippen LogP contribution is 2.39. The second-order valence-corrected chi connectivity index (χ2v) is 8.35. The van der Waals surface area contributed by atoms with Gasteiger partial charge in [-0.05, 0) is 62.0 Å². The summed E-state index contributed by atoms with van der Waals surface area (Å²) in [5, 5.41) is 0. The van der Waals surface area contributed by atoms with Crippen molar-refractivity contribution in [3.05, 3.63) is 83.7 Å². The van der Waals surface area contributed by atoms with E-state index >= 15 is 0 Å². The number of likely N-dealkylation sites (tertiary alicyclic amines) is 1. The molecule has 1 fully saturated rings. The molecule has 0 N–H and O–H groups in total. The van der Waals surface area contributed by atoms with E-state index in [0.29, 0.717) is 13.1 Å². The van der Waals surface area contributed by atoms with Gasteiger partial charge in [-0.2, -0.15) is 0 Å². The van der Waals surface area contributed by atoms with Gasteiger partial charge in [0.1, 0.15) is 5.82 Å². The van der Waals surface area contributed by atoms with Crippen LogP contribution in [0.25, 0.3) is 0 Å². The van der Waals surface area contributed by atoms with Crippen LogP contribution < -0.4 is 0 Å². The molecule has 0 radical (unpaired) electrons. The van der Waals surface area contributed by atoms with Gasteiger partial charge in [-0.15, -0.1) is 0 Å². The SMILES string of the molecule is O=C1N(Cc2ccc(F)cc2)CC=CCC12CCN(CCc1ccccc1)CC2. The maximum Gasteiger partial charge on any atom is 0.229 e. The van der Waals surface area contributed by atoms with Gasteiger partial charge in [0.05, 0.1) is 5.41 Å². The predicted octanol–water partition coefficient (Wildman–Crippen LogP) is 4.44. The van der Waals surface area contributed by atoms with Crippen LogP contribution in [0.2, 0.25) is 0 Å². The Morgan fingerprint density at radius 3 is 2.34 bits per heavy atom. The molecule has 1 spiro atoms. The fourth-order valence-corrected chi connectivity index (χ4v) is 4.52. The number of nitrogens with zero attached hydrogens (tertiary/aromatic N) is 2. The van der Waals surface area contributed by atoms with Crippen LogP contribution in [-0.4, -0.2) is 41.9 Å². The van der Waals surface area contributed by atoms with Crippen LogP contribution in [0, 0.1) is 11.2 Å². The first-order chi connectivity index (χ1) is 14.1. The van der Waals surface area contributed by atoms with Gasteiger partial charge < -0.3 is 9.80 Å². The fourth-order valence-electron chi connectivity index (χ4n) is 4.52. The van der Waals surface area contributed by atoms with E-state index in [-0.39, 0.29) is 17.1 Å². The van der Waals surface area contributed by atoms with Crippen LogP contribution in [0.15, 0.2) is 66.7 Å². The van der Waals surface area contributed by atoms with Crippen LogP contribution in [0.3, 0.4) is 0 Å². The van der Waals surface area contributed by atoms with E-state index in [0.717, 1.165) is 50.9 Å². The zero-order valence-electron chi connectivity index (χ0n) is 16.9. The number of rotatable bonds is 5. The Hall–Kier alpha value is -2.46. The monoisotopic (exact) mass is 392 g/mol. The van der Waals surface area contributed by atoms with Gasteiger partial charge >= 0.3 is 0 Å². The quantitative estimate of drug-likeness (QED) is 0.703. The number of halogens is 1. The van der Waals surface area contributed by atoms with E-state index in [2.05, 4.69) is 47.4 Å². The van der Waals surface area contributed by atoms with Crippen LogP contribution in [0.1, 0.15) is 30.4 Å². The lowest BCUT2D eigenvalue weighted by Gasteiger charge is -2.42. The van der Waals surface area contributed by atoms with Crippen molar-refractivity contribution in [3.63, 3.8) is 0 Å². The van der Waals surface area contributed by atoms with E-state index < -0.39 is 0 Å². The average molecular weight is 393 g/mol. The Bertz CT molecular complexity index is 839. The van der Waals surface area contributed by atoms with E-state index in [1.807, 2.05) is 4.90 Å². The number of carbonyl (C=O) groups excluding carboxylic acids is 1. The summed E-state index contributed by atoms with van der Waals surface area (Å²) >= 11 is 0. The molecule has 1 amide bonds. The van der Waals surface area contributed by atoms with Crippen LogP contribution >= 0.6 is 0 Å². The largest absolute Gasteiger partial charge is 0.334 e. The van der Waals surface area contributed by atoms with E-state index in [4.69, 9.17) is 0 Å². The molecule has 152 valence electrons. The fraction of sp³-hybridized carbons (Fsp3) is 0.400. The lowest BCUT2D eigenvalue weighted by molar-refractivity contribution is -0.144. The Labute approximate surface area is 172 Å². The number of benzene rings is 2. The third kappa shape index (κ3) is 4.76. The van der Waals surface area contributed by atoms with Gasteiger partial charge in [0.2, 0.25) is 5.91 Å². The molecule has 4 heteroatoms. The predicted molar refractivity (Wildman–Crippen MR) is 114 cm³/mol. The van der Waals surface area contributed by atoms with Crippen molar-refractivity contribution in [1.82, 2.24) is 9.80 Å². The van der Waals surface area contributed by atoms with Gasteiger partial charge in [-0.25, -0.2) is 4.39 Å². The van der Waals surface area contributed by atoms with Crippen molar-refractivity contribution >= 4 is 5.91 Å². The number of piperidine rings is 1. The van der Waals surface area contributed by atoms with E-state index in [1.165, 1.54) is 17.7 Å². The van der Waals surface area contributed by atoms with Crippen molar-refractivity contribution in [2.45, 2.75) is 32.2 Å². The van der Waals surface area contributed by atoms with E-state index in [1.54, 1.807) is 12.1 Å². The van der Waals surface area contributed by atoms with Crippen molar-refractivity contribution < 1.29 is 9.18 Å². The number of allylic oxidation sites excluding steroid dienone is 1. The third-order valence-electron chi connectivity index (χ3n) is 6.40. The zero-order chi connectivity index (χ0) is 20.1. The molecule has 3 nitrogen and oxygen atoms in total. The van der Waals surface area contributed by atoms with Crippen molar-refractivity contribution in [2.75, 3.05) is 26.2 Å². The average Bonchev–Trinajstić information content (AvgIpc) is 2.90. The molecule has 0 aliphatic carbocycles. The summed E-state index contributed by atoms with van der Waals surface area (Å²) in [4.78, 5) is 17.9. The minimum absolute atomic E-state index is 0.241. The molecular formula is C25H29FN2O. The van der Waals surface area contributed by atoms with Crippen LogP contribution in [0.4, 0.5) is 4.39 Å². The molecule has 4 rings (SSSR count). The van der Waals surface area contributed by atoms with E-state index in [9.17, 15) is 9.18 Å². The summed E-state index contributed by atoms with van der Waals surface area (Å²) < 4.78 is 13.2. The van der Waals surface area contributed by atoms with Gasteiger partial charge in [0.25, 0.3) is 0 Å². The van der Waals surface area contributed by atoms with Crippen LogP contribution in [0.5, 0.6) is 0 Å². The minimum atomic E-state index is -0.281. The molecule has 0 atom stereocenters. The Morgan fingerprint density at radius 2 is 1.62 bits per heavy atom. The zero-order valence-corrected chi connectivity index (χ0v) is 16.9. The summed E-state index contributed by atoms with van der Waals surface area (Å²) in [5.74, 6) is 0.0183. The van der Waals surface area contributed by atoms with Crippen molar-refractivity contribution in [1.29, 1.82) is 0 Å². The summed E-state index contributed by atoms with van der Waals surface area (Å²) in [6.45, 7) is 4.16. The molecule has 0 bridgehead atoms. The van der Waals surface area contributed by atoms with Gasteiger partial charge in [0, 0.05) is 19.6 Å². The second kappa shape index (κ2) is 8.91. The van der Waals surface area contributed by atoms with Gasteiger partial charge in [0.15, 0.2) is 0 Å². The maximum absolute atomic E-state index is 13.5. The molecule has 2 aromatic rings. The Kier molecular flexibility index (Phi) is 6.10. The molecule has 2 heterocycles. The number of amides is 1. The van der Waals surface area contributed by atoms with Crippen LogP contribution in [-0.2, 0) is 17.8 Å². The molecule has 0 unspecified atom stereocenters. The molecule has 2 aliphatic rings. The lowest BCUT2D eigenvalue weighted by atomic mass is 9.74. The summed E-state index contributed by atoms with van der Waals surface area (Å²) in [7, 11) is 0. The number of hydrogen-bond acceptors (Lipinski definition) is 2. The van der Waals surface area contributed by atoms with Crippen molar-refractivity contribution in [3.8, 4) is 0 Å². The summed E-state index contributed by atoms with van der Waals surface area (Å²) in [6, 6.07) is 17.1. The topological polar surface area (TPSA) is 23.6 Å². The first-order valence-electron chi connectivity index (χ1n) is 10.6. The lowest BCUT2D eigenvalue weighted by Crippen LogP contribution is -2.49. The highest BCUT2D eigenvalue weighted by molar-refractivity contribution is 5.83. The molecule has 0 saturated carbocycles. The highest BCUT2D eigenvalue weighted by Gasteiger charge is 2.43. The molecule has 1 saturated heterocycles. The third-order valence-corrected chi connectivity index (χ3v) is 6.40. The van der Waals surface area contributed by atoms with Gasteiger partial charge in [-0.1, -0.05) is 54.6 Å². The normalized spacial score (nSPS) is 19.5.